The molecule has 0 fully saturated rings. The Morgan fingerprint density at radius 1 is 0.500 bits per heavy atom. The second kappa shape index (κ2) is 23.2. The Bertz CT molecular complexity index is 727. The molecule has 0 bridgehead atoms. The molecular weight excluding hydrogens is 561 g/mol. The summed E-state index contributed by atoms with van der Waals surface area (Å²) in [6, 6.07) is 12.3. The van der Waals surface area contributed by atoms with E-state index < -0.39 is 0 Å². The maximum atomic E-state index is 3.45. The average molecular weight is 618 g/mol. The number of hydrogen-bond acceptors (Lipinski definition) is 0. The number of aryl methyl sites for hydroxylation is 2. The normalized spacial score (nSPS) is 10.5. The van der Waals surface area contributed by atoms with Gasteiger partial charge in [0.25, 0.3) is 0 Å². The van der Waals surface area contributed by atoms with Crippen LogP contribution in [0.15, 0.2) is 56.0 Å². The van der Waals surface area contributed by atoms with Gasteiger partial charge in [0.1, 0.15) is 0 Å². The Morgan fingerprint density at radius 3 is 0.972 bits per heavy atom. The van der Waals surface area contributed by atoms with E-state index in [0.717, 1.165) is 19.6 Å². The van der Waals surface area contributed by atoms with Crippen LogP contribution in [-0.2, 0) is 67.0 Å². The first-order valence-electron chi connectivity index (χ1n) is 13.6. The zero-order valence-electron chi connectivity index (χ0n) is 23.7. The molecule has 0 aliphatic rings. The molecule has 36 heavy (non-hydrogen) atoms. The fourth-order valence-corrected chi connectivity index (χ4v) is 4.89. The predicted molar refractivity (Wildman–Crippen MR) is 175 cm³/mol. The summed E-state index contributed by atoms with van der Waals surface area (Å²) in [4.78, 5) is 4.40. The average Bonchev–Trinajstić information content (AvgIpc) is 2.84. The fraction of sp³-hybridized carbons (Fsp3) is 0.600. The van der Waals surface area contributed by atoms with Crippen LogP contribution < -0.4 is 0 Å². The standard InChI is InChI=1S/C16H36N.2C7H8S2.Ni/c1-5-9-13-17(14-10-6-2,15-11-7-3)16-12-8-4;2*1-5-2-3-6(8)7(9)4-5;/h5-16H2,1-4H3;2*2-4,8-9H,1H3;/q+1;;;+3/p+4. The van der Waals surface area contributed by atoms with Crippen LogP contribution in [-0.4, -0.2) is 30.7 Å². The molecule has 0 N–H and O–H groups in total. The van der Waals surface area contributed by atoms with Crippen LogP contribution in [0.3, 0.4) is 0 Å². The molecule has 0 heterocycles. The van der Waals surface area contributed by atoms with E-state index in [1.807, 2.05) is 12.1 Å². The van der Waals surface area contributed by atoms with Gasteiger partial charge in [-0.25, -0.2) is 0 Å². The number of unbranched alkanes of at least 4 members (excludes halogenated alkanes) is 4. The van der Waals surface area contributed by atoms with Crippen molar-refractivity contribution in [1.29, 1.82) is 0 Å². The van der Waals surface area contributed by atoms with E-state index in [2.05, 4.69) is 116 Å². The van der Waals surface area contributed by atoms with Crippen molar-refractivity contribution in [2.24, 2.45) is 0 Å². The molecule has 0 amide bonds. The topological polar surface area (TPSA) is 0 Å². The van der Waals surface area contributed by atoms with Crippen molar-refractivity contribution in [3.8, 4) is 0 Å². The Hall–Kier alpha value is 0.294. The van der Waals surface area contributed by atoms with Crippen LogP contribution in [0, 0.1) is 13.8 Å². The third-order valence-corrected chi connectivity index (χ3v) is 8.49. The van der Waals surface area contributed by atoms with Gasteiger partial charge < -0.3 is 4.48 Å². The van der Waals surface area contributed by atoms with E-state index in [0.29, 0.717) is 0 Å². The SMILES string of the molecule is CCCC[N+](CCCC)(CCCC)CCCC.Cc1ccc([SH2+])c([SH2+])c1.Cc1ccc([SH2+])c([SH2+])c1.[Ni+3]. The first kappa shape index (κ1) is 38.4. The van der Waals surface area contributed by atoms with Gasteiger partial charge in [-0.15, -0.1) is 0 Å². The van der Waals surface area contributed by atoms with Crippen molar-refractivity contribution >= 4 is 50.5 Å². The monoisotopic (exact) mass is 616 g/mol. The van der Waals surface area contributed by atoms with Crippen LogP contribution in [0.25, 0.3) is 0 Å². The Balaban J connectivity index is 0. The molecule has 6 heteroatoms. The largest absolute Gasteiger partial charge is 3.00 e. The fourth-order valence-electron chi connectivity index (χ4n) is 3.96. The molecular formula is C30H56NNiS4+8. The predicted octanol–water partition coefficient (Wildman–Crippen LogP) is 6.47. The van der Waals surface area contributed by atoms with Crippen molar-refractivity contribution < 1.29 is 21.0 Å². The van der Waals surface area contributed by atoms with Crippen molar-refractivity contribution in [1.82, 2.24) is 0 Å². The van der Waals surface area contributed by atoms with Crippen LogP contribution in [0.2, 0.25) is 0 Å². The molecule has 207 valence electrons. The second-order valence-corrected chi connectivity index (χ2v) is 11.9. The maximum absolute atomic E-state index is 3.45. The number of nitrogens with zero attached hydrogens (tertiary/aromatic N) is 1. The van der Waals surface area contributed by atoms with Gasteiger partial charge in [-0.05, 0) is 113 Å². The number of rotatable bonds is 12. The first-order chi connectivity index (χ1) is 16.6. The van der Waals surface area contributed by atoms with Crippen molar-refractivity contribution in [2.75, 3.05) is 26.2 Å². The van der Waals surface area contributed by atoms with Gasteiger partial charge in [0.05, 0.1) is 26.2 Å². The molecule has 1 nitrogen and oxygen atoms in total. The molecule has 0 aliphatic heterocycles. The van der Waals surface area contributed by atoms with E-state index in [1.54, 1.807) is 0 Å². The summed E-state index contributed by atoms with van der Waals surface area (Å²) in [6.45, 7) is 19.1. The third-order valence-electron chi connectivity index (χ3n) is 6.29. The minimum atomic E-state index is 0. The molecule has 2 aromatic carbocycles. The smallest absolute Gasteiger partial charge is 0.324 e. The number of hydrogen-bond donors (Lipinski definition) is 0. The molecule has 0 atom stereocenters. The quantitative estimate of drug-likeness (QED) is 0.146. The van der Waals surface area contributed by atoms with Gasteiger partial charge in [-0.1, -0.05) is 65.5 Å². The Morgan fingerprint density at radius 2 is 0.778 bits per heavy atom. The summed E-state index contributed by atoms with van der Waals surface area (Å²) < 4.78 is 1.42. The zero-order chi connectivity index (χ0) is 26.7. The molecule has 0 aliphatic carbocycles. The summed E-state index contributed by atoms with van der Waals surface area (Å²) in [5, 5.41) is 0. The molecule has 1 radical (unpaired) electrons. The van der Waals surface area contributed by atoms with E-state index in [9.17, 15) is 0 Å². The van der Waals surface area contributed by atoms with Gasteiger partial charge in [0.15, 0.2) is 0 Å². The summed E-state index contributed by atoms with van der Waals surface area (Å²) in [7, 11) is 0. The first-order valence-corrected chi connectivity index (χ1v) is 15.6. The van der Waals surface area contributed by atoms with Gasteiger partial charge in [-0.3, -0.25) is 0 Å². The Kier molecular flexibility index (Phi) is 24.8. The number of quaternary nitrogens is 1. The van der Waals surface area contributed by atoms with Gasteiger partial charge >= 0.3 is 16.5 Å². The van der Waals surface area contributed by atoms with Crippen LogP contribution in [0.5, 0.6) is 0 Å². The van der Waals surface area contributed by atoms with E-state index >= 15 is 0 Å². The third kappa shape index (κ3) is 17.7. The molecule has 0 aromatic heterocycles. The maximum Gasteiger partial charge on any atom is 3.00 e. The molecule has 2 aromatic rings. The zero-order valence-corrected chi connectivity index (χ0v) is 28.7. The van der Waals surface area contributed by atoms with Crippen LogP contribution >= 0.6 is 0 Å². The van der Waals surface area contributed by atoms with E-state index in [-0.39, 0.29) is 16.5 Å². The molecule has 2 rings (SSSR count). The van der Waals surface area contributed by atoms with E-state index in [1.165, 1.54) is 93.2 Å². The van der Waals surface area contributed by atoms with Crippen LogP contribution in [0.4, 0.5) is 0 Å². The summed E-state index contributed by atoms with van der Waals surface area (Å²) in [5.41, 5.74) is 2.53. The summed E-state index contributed by atoms with van der Waals surface area (Å²) in [5.74, 6) is 0. The minimum absolute atomic E-state index is 0. The van der Waals surface area contributed by atoms with Gasteiger partial charge in [-0.2, -0.15) is 0 Å². The van der Waals surface area contributed by atoms with Gasteiger partial charge in [0, 0.05) is 12.1 Å². The Labute approximate surface area is 256 Å². The second-order valence-electron chi connectivity index (χ2n) is 9.75. The molecule has 0 saturated heterocycles. The van der Waals surface area contributed by atoms with Crippen molar-refractivity contribution in [3.05, 3.63) is 47.5 Å². The minimum Gasteiger partial charge on any atom is -0.324 e. The van der Waals surface area contributed by atoms with Crippen molar-refractivity contribution in [2.45, 2.75) is 112 Å². The van der Waals surface area contributed by atoms with Crippen molar-refractivity contribution in [3.63, 3.8) is 0 Å². The van der Waals surface area contributed by atoms with Gasteiger partial charge in [0.2, 0.25) is 19.6 Å². The molecule has 0 saturated carbocycles. The molecule has 0 spiro atoms. The summed E-state index contributed by atoms with van der Waals surface area (Å²) >= 11 is 13.7. The van der Waals surface area contributed by atoms with Crippen LogP contribution in [0.1, 0.15) is 90.2 Å². The molecule has 0 unspecified atom stereocenters. The number of benzene rings is 2. The summed E-state index contributed by atoms with van der Waals surface area (Å²) in [6.07, 6.45) is 11.1. The van der Waals surface area contributed by atoms with E-state index in [4.69, 9.17) is 0 Å².